The fourth-order valence-electron chi connectivity index (χ4n) is 2.11. The number of hydrogen-bond donors (Lipinski definition) is 3. The van der Waals surface area contributed by atoms with E-state index < -0.39 is 4.92 Å². The van der Waals surface area contributed by atoms with E-state index in [9.17, 15) is 14.9 Å². The number of benzene rings is 2. The molecule has 2 rings (SSSR count). The lowest BCUT2D eigenvalue weighted by molar-refractivity contribution is -0.384. The topological polar surface area (TPSA) is 106 Å². The first-order valence-electron chi connectivity index (χ1n) is 8.38. The molecule has 3 N–H and O–H groups in total. The average molecular weight is 467 g/mol. The van der Waals surface area contributed by atoms with Gasteiger partial charge < -0.3 is 20.7 Å². The van der Waals surface area contributed by atoms with Crippen LogP contribution in [0.3, 0.4) is 0 Å². The number of anilines is 1. The standard InChI is InChI=1S/C18H19BrN4O4S/c19-13-2-8-16(9-3-13)27-12-17(24)22-18(28)21-11-1-10-20-14-4-6-15(7-5-14)23(25)26/h2-9,20H,1,10-12H2,(H2,21,22,24,28). The number of halogens is 1. The number of rotatable bonds is 9. The van der Waals surface area contributed by atoms with Crippen LogP contribution in [0.15, 0.2) is 53.0 Å². The Bertz CT molecular complexity index is 815. The van der Waals surface area contributed by atoms with E-state index in [1.165, 1.54) is 12.1 Å². The maximum absolute atomic E-state index is 11.8. The van der Waals surface area contributed by atoms with E-state index >= 15 is 0 Å². The molecule has 0 fully saturated rings. The number of carbonyl (C=O) groups is 1. The molecule has 0 radical (unpaired) electrons. The highest BCUT2D eigenvalue weighted by Crippen LogP contribution is 2.16. The number of non-ortho nitro benzene ring substituents is 1. The minimum Gasteiger partial charge on any atom is -0.484 e. The highest BCUT2D eigenvalue weighted by molar-refractivity contribution is 9.10. The van der Waals surface area contributed by atoms with Gasteiger partial charge in [-0.15, -0.1) is 0 Å². The van der Waals surface area contributed by atoms with Crippen molar-refractivity contribution < 1.29 is 14.5 Å². The van der Waals surface area contributed by atoms with E-state index in [-0.39, 0.29) is 23.3 Å². The maximum Gasteiger partial charge on any atom is 0.269 e. The van der Waals surface area contributed by atoms with Crippen LogP contribution in [-0.2, 0) is 4.79 Å². The van der Waals surface area contributed by atoms with Gasteiger partial charge in [-0.2, -0.15) is 0 Å². The summed E-state index contributed by atoms with van der Waals surface area (Å²) in [5.41, 5.74) is 0.851. The second-order valence-corrected chi connectivity index (χ2v) is 6.95. The molecule has 148 valence electrons. The molecule has 0 saturated carbocycles. The zero-order chi connectivity index (χ0) is 20.4. The van der Waals surface area contributed by atoms with Crippen LogP contribution in [0.25, 0.3) is 0 Å². The SMILES string of the molecule is O=C(COc1ccc(Br)cc1)NC(=S)NCCCNc1ccc([N+](=O)[O-])cc1. The summed E-state index contributed by atoms with van der Waals surface area (Å²) in [6.07, 6.45) is 0.738. The summed E-state index contributed by atoms with van der Waals surface area (Å²) in [7, 11) is 0. The summed E-state index contributed by atoms with van der Waals surface area (Å²) in [5.74, 6) is 0.249. The minimum absolute atomic E-state index is 0.0532. The van der Waals surface area contributed by atoms with Crippen molar-refractivity contribution in [1.29, 1.82) is 0 Å². The van der Waals surface area contributed by atoms with Crippen molar-refractivity contribution >= 4 is 50.5 Å². The van der Waals surface area contributed by atoms with Gasteiger partial charge in [-0.1, -0.05) is 15.9 Å². The van der Waals surface area contributed by atoms with Crippen molar-refractivity contribution in [3.8, 4) is 5.75 Å². The van der Waals surface area contributed by atoms with Gasteiger partial charge in [0.1, 0.15) is 5.75 Å². The van der Waals surface area contributed by atoms with Crippen LogP contribution in [0.5, 0.6) is 5.75 Å². The number of nitrogens with zero attached hydrogens (tertiary/aromatic N) is 1. The molecule has 0 spiro atoms. The van der Waals surface area contributed by atoms with Crippen molar-refractivity contribution in [3.63, 3.8) is 0 Å². The van der Waals surface area contributed by atoms with Crippen LogP contribution in [0.2, 0.25) is 0 Å². The van der Waals surface area contributed by atoms with E-state index in [1.807, 2.05) is 12.1 Å². The number of nitrogens with one attached hydrogen (secondary N) is 3. The number of nitro groups is 1. The predicted molar refractivity (Wildman–Crippen MR) is 115 cm³/mol. The minimum atomic E-state index is -0.438. The second-order valence-electron chi connectivity index (χ2n) is 5.63. The van der Waals surface area contributed by atoms with Gasteiger partial charge in [0.25, 0.3) is 11.6 Å². The third kappa shape index (κ3) is 7.89. The zero-order valence-corrected chi connectivity index (χ0v) is 17.2. The monoisotopic (exact) mass is 466 g/mol. The molecular weight excluding hydrogens is 448 g/mol. The van der Waals surface area contributed by atoms with Crippen LogP contribution >= 0.6 is 28.1 Å². The van der Waals surface area contributed by atoms with Gasteiger partial charge in [0, 0.05) is 35.4 Å². The number of nitro benzene ring substituents is 1. The molecule has 0 heterocycles. The molecule has 2 aromatic rings. The normalized spacial score (nSPS) is 10.0. The molecule has 0 unspecified atom stereocenters. The zero-order valence-electron chi connectivity index (χ0n) is 14.8. The molecule has 0 aliphatic heterocycles. The fourth-order valence-corrected chi connectivity index (χ4v) is 2.59. The van der Waals surface area contributed by atoms with Crippen molar-refractivity contribution in [2.45, 2.75) is 6.42 Å². The van der Waals surface area contributed by atoms with Crippen LogP contribution in [0.1, 0.15) is 6.42 Å². The summed E-state index contributed by atoms with van der Waals surface area (Å²) >= 11 is 8.40. The number of ether oxygens (including phenoxy) is 1. The van der Waals surface area contributed by atoms with Gasteiger partial charge >= 0.3 is 0 Å². The lowest BCUT2D eigenvalue weighted by Gasteiger charge is -2.11. The molecule has 0 aromatic heterocycles. The first kappa shape index (κ1) is 21.6. The molecule has 0 bridgehead atoms. The van der Waals surface area contributed by atoms with E-state index in [0.29, 0.717) is 18.8 Å². The fraction of sp³-hybridized carbons (Fsp3) is 0.222. The van der Waals surface area contributed by atoms with Crippen LogP contribution < -0.4 is 20.7 Å². The van der Waals surface area contributed by atoms with E-state index in [1.54, 1.807) is 24.3 Å². The Labute approximate surface area is 175 Å². The molecule has 1 amide bonds. The van der Waals surface area contributed by atoms with Crippen LogP contribution in [0, 0.1) is 10.1 Å². The largest absolute Gasteiger partial charge is 0.484 e. The first-order valence-corrected chi connectivity index (χ1v) is 9.58. The summed E-state index contributed by atoms with van der Waals surface area (Å²) in [6, 6.07) is 13.4. The van der Waals surface area contributed by atoms with Crippen LogP contribution in [-0.4, -0.2) is 35.6 Å². The van der Waals surface area contributed by atoms with Crippen molar-refractivity contribution in [1.82, 2.24) is 10.6 Å². The summed E-state index contributed by atoms with van der Waals surface area (Å²) in [4.78, 5) is 22.0. The maximum atomic E-state index is 11.8. The number of amides is 1. The van der Waals surface area contributed by atoms with Gasteiger partial charge in [-0.3, -0.25) is 14.9 Å². The molecule has 2 aromatic carbocycles. The van der Waals surface area contributed by atoms with E-state index in [0.717, 1.165) is 16.6 Å². The average Bonchev–Trinajstić information content (AvgIpc) is 2.67. The summed E-state index contributed by atoms with van der Waals surface area (Å²) in [6.45, 7) is 1.08. The molecule has 0 aliphatic rings. The summed E-state index contributed by atoms with van der Waals surface area (Å²) in [5, 5.41) is 19.5. The summed E-state index contributed by atoms with van der Waals surface area (Å²) < 4.78 is 6.29. The highest BCUT2D eigenvalue weighted by atomic mass is 79.9. The van der Waals surface area contributed by atoms with Gasteiger partial charge in [0.15, 0.2) is 11.7 Å². The van der Waals surface area contributed by atoms with E-state index in [4.69, 9.17) is 17.0 Å². The Balaban J connectivity index is 1.57. The van der Waals surface area contributed by atoms with Gasteiger partial charge in [0.2, 0.25) is 0 Å². The Morgan fingerprint density at radius 1 is 1.11 bits per heavy atom. The van der Waals surface area contributed by atoms with Crippen LogP contribution in [0.4, 0.5) is 11.4 Å². The molecule has 0 saturated heterocycles. The quantitative estimate of drug-likeness (QED) is 0.225. The van der Waals surface area contributed by atoms with Crippen molar-refractivity contribution in [2.75, 3.05) is 25.0 Å². The number of hydrogen-bond acceptors (Lipinski definition) is 6. The number of carbonyl (C=O) groups excluding carboxylic acids is 1. The second kappa shape index (κ2) is 11.2. The molecule has 10 heteroatoms. The lowest BCUT2D eigenvalue weighted by Crippen LogP contribution is -2.42. The predicted octanol–water partition coefficient (Wildman–Crippen LogP) is 3.23. The third-order valence-electron chi connectivity index (χ3n) is 3.48. The molecule has 8 nitrogen and oxygen atoms in total. The Morgan fingerprint density at radius 2 is 1.79 bits per heavy atom. The highest BCUT2D eigenvalue weighted by Gasteiger charge is 2.06. The molecular formula is C18H19BrN4O4S. The Kier molecular flexibility index (Phi) is 8.63. The van der Waals surface area contributed by atoms with Crippen molar-refractivity contribution in [3.05, 3.63) is 63.1 Å². The molecule has 28 heavy (non-hydrogen) atoms. The van der Waals surface area contributed by atoms with Gasteiger partial charge in [0.05, 0.1) is 4.92 Å². The van der Waals surface area contributed by atoms with E-state index in [2.05, 4.69) is 31.9 Å². The third-order valence-corrected chi connectivity index (χ3v) is 4.26. The van der Waals surface area contributed by atoms with Gasteiger partial charge in [-0.05, 0) is 55.0 Å². The Hall–Kier alpha value is -2.72. The first-order chi connectivity index (χ1) is 13.4. The van der Waals surface area contributed by atoms with Gasteiger partial charge in [-0.25, -0.2) is 0 Å². The number of thiocarbonyl (C=S) groups is 1. The molecule has 0 atom stereocenters. The molecule has 0 aliphatic carbocycles. The Morgan fingerprint density at radius 3 is 2.43 bits per heavy atom. The van der Waals surface area contributed by atoms with Crippen molar-refractivity contribution in [2.24, 2.45) is 0 Å². The lowest BCUT2D eigenvalue weighted by atomic mass is 10.3. The smallest absolute Gasteiger partial charge is 0.269 e.